The third-order valence-electron chi connectivity index (χ3n) is 7.27. The van der Waals surface area contributed by atoms with Crippen molar-refractivity contribution in [2.24, 2.45) is 16.9 Å². The molecule has 1 heterocycles. The van der Waals surface area contributed by atoms with E-state index in [4.69, 9.17) is 10.6 Å². The third-order valence-corrected chi connectivity index (χ3v) is 8.80. The SMILES string of the molecule is CCOC(=O)CN(C(=O)[C@H](CC(=O)N(C=NN)C[C@H]1CCCNC1)NS(=O)(=O)c1cccc2ccccc12)C1CC1. The number of hydrogen-bond acceptors (Lipinski definition) is 9. The fourth-order valence-corrected chi connectivity index (χ4v) is 6.54. The van der Waals surface area contributed by atoms with Crippen LogP contribution in [0.1, 0.15) is 39.0 Å². The Kier molecular flexibility index (Phi) is 10.3. The molecule has 0 radical (unpaired) electrons. The lowest BCUT2D eigenvalue weighted by Gasteiger charge is -2.30. The molecule has 4 N–H and O–H groups in total. The van der Waals surface area contributed by atoms with E-state index in [-0.39, 0.29) is 30.0 Å². The lowest BCUT2D eigenvalue weighted by atomic mass is 9.99. The number of hydrazone groups is 1. The van der Waals surface area contributed by atoms with Crippen molar-refractivity contribution < 1.29 is 27.5 Å². The first kappa shape index (κ1) is 30.4. The van der Waals surface area contributed by atoms with Gasteiger partial charge in [0.05, 0.1) is 17.9 Å². The molecule has 0 bridgehead atoms. The van der Waals surface area contributed by atoms with Crippen LogP contribution in [-0.4, -0.2) is 87.2 Å². The van der Waals surface area contributed by atoms with Gasteiger partial charge in [-0.1, -0.05) is 36.4 Å². The number of hydrogen-bond donors (Lipinski definition) is 3. The van der Waals surface area contributed by atoms with Gasteiger partial charge in [-0.15, -0.1) is 0 Å². The number of carbonyl (C=O) groups excluding carboxylic acids is 3. The average Bonchev–Trinajstić information content (AvgIpc) is 3.81. The smallest absolute Gasteiger partial charge is 0.325 e. The number of esters is 1. The predicted octanol–water partition coefficient (Wildman–Crippen LogP) is 1.16. The molecular formula is C28H38N6O6S. The highest BCUT2D eigenvalue weighted by molar-refractivity contribution is 7.89. The number of sulfonamides is 1. The summed E-state index contributed by atoms with van der Waals surface area (Å²) in [5, 5.41) is 8.02. The maximum atomic E-state index is 13.9. The van der Waals surface area contributed by atoms with Gasteiger partial charge in [-0.05, 0) is 63.1 Å². The first-order chi connectivity index (χ1) is 19.7. The zero-order valence-electron chi connectivity index (χ0n) is 23.2. The van der Waals surface area contributed by atoms with E-state index in [0.717, 1.165) is 19.4 Å². The van der Waals surface area contributed by atoms with Gasteiger partial charge in [0.25, 0.3) is 0 Å². The van der Waals surface area contributed by atoms with Gasteiger partial charge < -0.3 is 25.7 Å². The number of nitrogens with one attached hydrogen (secondary N) is 2. The number of nitrogens with two attached hydrogens (primary N) is 1. The summed E-state index contributed by atoms with van der Waals surface area (Å²) in [5.41, 5.74) is 0. The van der Waals surface area contributed by atoms with Crippen molar-refractivity contribution >= 4 is 44.9 Å². The Hall–Kier alpha value is -3.55. The first-order valence-electron chi connectivity index (χ1n) is 13.9. The summed E-state index contributed by atoms with van der Waals surface area (Å²) in [6.07, 6.45) is 3.92. The molecule has 1 saturated carbocycles. The number of amides is 2. The van der Waals surface area contributed by atoms with E-state index in [1.165, 1.54) is 22.2 Å². The maximum absolute atomic E-state index is 13.9. The van der Waals surface area contributed by atoms with Gasteiger partial charge in [0.2, 0.25) is 21.8 Å². The zero-order valence-corrected chi connectivity index (χ0v) is 24.0. The van der Waals surface area contributed by atoms with Gasteiger partial charge >= 0.3 is 5.97 Å². The van der Waals surface area contributed by atoms with E-state index >= 15 is 0 Å². The minimum atomic E-state index is -4.27. The predicted molar refractivity (Wildman–Crippen MR) is 154 cm³/mol. The second-order valence-electron chi connectivity index (χ2n) is 10.4. The lowest BCUT2D eigenvalue weighted by Crippen LogP contribution is -2.53. The van der Waals surface area contributed by atoms with Crippen molar-refractivity contribution in [3.8, 4) is 0 Å². The van der Waals surface area contributed by atoms with Gasteiger partial charge in [-0.3, -0.25) is 14.4 Å². The van der Waals surface area contributed by atoms with Crippen LogP contribution in [0.2, 0.25) is 0 Å². The topological polar surface area (TPSA) is 163 Å². The molecule has 2 amide bonds. The molecule has 1 aliphatic carbocycles. The second-order valence-corrected chi connectivity index (χ2v) is 12.1. The Bertz CT molecular complexity index is 1370. The van der Waals surface area contributed by atoms with E-state index in [0.29, 0.717) is 36.7 Å². The molecule has 0 unspecified atom stereocenters. The number of ether oxygens (including phenoxy) is 1. The molecular weight excluding hydrogens is 548 g/mol. The molecule has 13 heteroatoms. The highest BCUT2D eigenvalue weighted by Gasteiger charge is 2.40. The van der Waals surface area contributed by atoms with E-state index in [9.17, 15) is 22.8 Å². The monoisotopic (exact) mass is 586 g/mol. The first-order valence-corrected chi connectivity index (χ1v) is 15.4. The van der Waals surface area contributed by atoms with Crippen LogP contribution in [0.15, 0.2) is 52.5 Å². The summed E-state index contributed by atoms with van der Waals surface area (Å²) in [6, 6.07) is 10.2. The van der Waals surface area contributed by atoms with E-state index in [2.05, 4.69) is 15.1 Å². The van der Waals surface area contributed by atoms with E-state index in [1.807, 2.05) is 0 Å². The average molecular weight is 587 g/mol. The molecule has 2 aliphatic rings. The number of benzene rings is 2. The molecule has 2 atom stereocenters. The third kappa shape index (κ3) is 8.02. The summed E-state index contributed by atoms with van der Waals surface area (Å²) in [7, 11) is -4.27. The van der Waals surface area contributed by atoms with Crippen molar-refractivity contribution in [3.63, 3.8) is 0 Å². The summed E-state index contributed by atoms with van der Waals surface area (Å²) in [6.45, 7) is 3.41. The van der Waals surface area contributed by atoms with Crippen molar-refractivity contribution in [2.45, 2.75) is 56.0 Å². The van der Waals surface area contributed by atoms with E-state index < -0.39 is 40.3 Å². The van der Waals surface area contributed by atoms with Gasteiger partial charge in [0, 0.05) is 18.0 Å². The Morgan fingerprint density at radius 1 is 1.17 bits per heavy atom. The molecule has 4 rings (SSSR count). The van der Waals surface area contributed by atoms with E-state index in [1.54, 1.807) is 43.3 Å². The van der Waals surface area contributed by atoms with Crippen LogP contribution < -0.4 is 15.9 Å². The van der Waals surface area contributed by atoms with Crippen LogP contribution in [0.3, 0.4) is 0 Å². The normalized spacial score (nSPS) is 18.2. The number of rotatable bonds is 13. The molecule has 2 aromatic carbocycles. The summed E-state index contributed by atoms with van der Waals surface area (Å²) >= 11 is 0. The number of fused-ring (bicyclic) bond motifs is 1. The maximum Gasteiger partial charge on any atom is 0.325 e. The van der Waals surface area contributed by atoms with Crippen LogP contribution in [0, 0.1) is 5.92 Å². The van der Waals surface area contributed by atoms with Crippen LogP contribution in [0.25, 0.3) is 10.8 Å². The highest BCUT2D eigenvalue weighted by atomic mass is 32.2. The number of carbonyl (C=O) groups is 3. The minimum Gasteiger partial charge on any atom is -0.465 e. The Labute approximate surface area is 240 Å². The van der Waals surface area contributed by atoms with Crippen molar-refractivity contribution in [2.75, 3.05) is 32.8 Å². The number of nitrogens with zero attached hydrogens (tertiary/aromatic N) is 3. The van der Waals surface area contributed by atoms with Gasteiger partial charge in [0.15, 0.2) is 0 Å². The molecule has 12 nitrogen and oxygen atoms in total. The lowest BCUT2D eigenvalue weighted by molar-refractivity contribution is -0.150. The van der Waals surface area contributed by atoms with Crippen molar-refractivity contribution in [3.05, 3.63) is 42.5 Å². The van der Waals surface area contributed by atoms with Gasteiger partial charge in [-0.2, -0.15) is 9.82 Å². The molecule has 2 aromatic rings. The van der Waals surface area contributed by atoms with Crippen LogP contribution in [0.5, 0.6) is 0 Å². The molecule has 2 fully saturated rings. The molecule has 0 spiro atoms. The van der Waals surface area contributed by atoms with Crippen molar-refractivity contribution in [1.82, 2.24) is 19.8 Å². The highest BCUT2D eigenvalue weighted by Crippen LogP contribution is 2.29. The quantitative estimate of drug-likeness (QED) is 0.104. The van der Waals surface area contributed by atoms with Crippen LogP contribution >= 0.6 is 0 Å². The van der Waals surface area contributed by atoms with Gasteiger partial charge in [0.1, 0.15) is 18.9 Å². The largest absolute Gasteiger partial charge is 0.465 e. The summed E-state index contributed by atoms with van der Waals surface area (Å²) < 4.78 is 35.0. The summed E-state index contributed by atoms with van der Waals surface area (Å²) in [4.78, 5) is 42.4. The van der Waals surface area contributed by atoms with Crippen molar-refractivity contribution in [1.29, 1.82) is 0 Å². The molecule has 222 valence electrons. The minimum absolute atomic E-state index is 0.0159. The fourth-order valence-electron chi connectivity index (χ4n) is 5.12. The van der Waals surface area contributed by atoms with Gasteiger partial charge in [-0.25, -0.2) is 8.42 Å². The second kappa shape index (κ2) is 13.9. The Morgan fingerprint density at radius 3 is 2.61 bits per heavy atom. The van der Waals surface area contributed by atoms with Crippen LogP contribution in [-0.2, 0) is 29.1 Å². The fraction of sp³-hybridized carbons (Fsp3) is 0.500. The summed E-state index contributed by atoms with van der Waals surface area (Å²) in [5.74, 6) is 3.76. The Balaban J connectivity index is 1.63. The standard InChI is InChI=1S/C28H38N6O6S/c1-2-40-27(36)18-34(22-12-13-22)28(37)24(15-26(35)33(19-31-29)17-20-7-6-14-30-16-20)32-41(38,39)25-11-5-9-21-8-3-4-10-23(21)25/h3-5,8-11,19-20,22,24,30,32H,2,6-7,12-18,29H2,1H3/t20-,24-/m0/s1. The van der Waals surface area contributed by atoms with Crippen LogP contribution in [0.4, 0.5) is 0 Å². The molecule has 1 aliphatic heterocycles. The molecule has 0 aromatic heterocycles. The number of piperidine rings is 1. The zero-order chi connectivity index (χ0) is 29.4. The molecule has 1 saturated heterocycles. The Morgan fingerprint density at radius 2 is 1.93 bits per heavy atom. The molecule has 41 heavy (non-hydrogen) atoms.